The van der Waals surface area contributed by atoms with Crippen LogP contribution in [-0.4, -0.2) is 107 Å². The quantitative estimate of drug-likeness (QED) is 0.119. The third-order valence-corrected chi connectivity index (χ3v) is 12.8. The third kappa shape index (κ3) is 9.68. The molecule has 1 saturated carbocycles. The summed E-state index contributed by atoms with van der Waals surface area (Å²) >= 11 is 0. The van der Waals surface area contributed by atoms with Crippen molar-refractivity contribution in [3.63, 3.8) is 0 Å². The lowest BCUT2D eigenvalue weighted by atomic mass is 9.95. The van der Waals surface area contributed by atoms with Gasteiger partial charge in [0.25, 0.3) is 5.92 Å². The van der Waals surface area contributed by atoms with Gasteiger partial charge in [0.05, 0.1) is 49.6 Å². The predicted octanol–water partition coefficient (Wildman–Crippen LogP) is 10.1. The van der Waals surface area contributed by atoms with Crippen LogP contribution in [0.5, 0.6) is 23.4 Å². The summed E-state index contributed by atoms with van der Waals surface area (Å²) in [7, 11) is 2.87. The second kappa shape index (κ2) is 18.3. The van der Waals surface area contributed by atoms with Crippen molar-refractivity contribution in [2.45, 2.75) is 96.2 Å². The molecule has 1 amide bonds. The molecule has 1 aliphatic carbocycles. The van der Waals surface area contributed by atoms with Gasteiger partial charge in [-0.1, -0.05) is 24.3 Å². The minimum Gasteiger partial charge on any atom is -0.497 e. The van der Waals surface area contributed by atoms with E-state index in [0.717, 1.165) is 16.7 Å². The standard InChI is InChI=1S/C48H48F10N6O7/c1-24-33(47(53,54)55)30(18-31(34(24)49)62(19-26-8-12-28(67-6)13-9-26)20-27-10-14-29(68-7)15-11-27)36-35(50)37-32-40(61-42(60-37)69-23-45(22-65)21-46(45,51)52)64-17-16-63(43(66)71-44(3,4)5)25(2)38(64)39(48(56,57)58)70-41(32)59-36/h8-15,18,25,38-39,65H,16-17,19-23H2,1-7H3/t25-,38-,39+,45?/m0/s1. The molecule has 2 aromatic heterocycles. The normalized spacial score (nSPS) is 20.7. The molecule has 0 radical (unpaired) electrons. The number of methoxy groups -OCH3 is 2. The molecule has 4 atom stereocenters. The summed E-state index contributed by atoms with van der Waals surface area (Å²) in [6.45, 7) is 3.55. The second-order valence-electron chi connectivity index (χ2n) is 18.7. The summed E-state index contributed by atoms with van der Waals surface area (Å²) in [5.41, 5.74) is -8.85. The SMILES string of the molecule is COc1ccc(CN(Cc2ccc(OC)cc2)c2cc(-c3nc4c5c(nc(OCC6(CO)CC6(F)F)nc5c3F)N3CCN(C(=O)OC(C)(C)C)[C@@H](C)[C@H]3[C@H](C(F)(F)F)O4)c(C(F)(F)F)c(C)c2F)cc1. The van der Waals surface area contributed by atoms with Crippen LogP contribution < -0.4 is 28.7 Å². The number of rotatable bonds is 12. The maximum atomic E-state index is 17.8. The molecule has 3 aliphatic rings. The number of carbonyl (C=O) groups is 1. The number of fused-ring (bicyclic) bond motifs is 2. The van der Waals surface area contributed by atoms with Crippen LogP contribution in [0.4, 0.5) is 60.2 Å². The highest BCUT2D eigenvalue weighted by atomic mass is 19.4. The highest BCUT2D eigenvalue weighted by Gasteiger charge is 2.71. The van der Waals surface area contributed by atoms with E-state index in [1.807, 2.05) is 0 Å². The monoisotopic (exact) mass is 1010 g/mol. The van der Waals surface area contributed by atoms with E-state index in [-0.39, 0.29) is 19.6 Å². The molecule has 23 heteroatoms. The van der Waals surface area contributed by atoms with Crippen LogP contribution >= 0.6 is 0 Å². The van der Waals surface area contributed by atoms with Crippen LogP contribution in [0.25, 0.3) is 22.2 Å². The lowest BCUT2D eigenvalue weighted by molar-refractivity contribution is -0.206. The molecular weight excluding hydrogens is 963 g/mol. The van der Waals surface area contributed by atoms with Crippen molar-refractivity contribution in [1.29, 1.82) is 0 Å². The first kappa shape index (κ1) is 50.9. The van der Waals surface area contributed by atoms with Crippen LogP contribution in [-0.2, 0) is 24.0 Å². The van der Waals surface area contributed by atoms with Crippen LogP contribution in [0.15, 0.2) is 54.6 Å². The lowest BCUT2D eigenvalue weighted by Gasteiger charge is -2.48. The molecule has 3 aromatic carbocycles. The van der Waals surface area contributed by atoms with E-state index in [4.69, 9.17) is 23.7 Å². The largest absolute Gasteiger partial charge is 0.497 e. The van der Waals surface area contributed by atoms with E-state index < -0.39 is 148 Å². The predicted molar refractivity (Wildman–Crippen MR) is 237 cm³/mol. The highest BCUT2D eigenvalue weighted by Crippen LogP contribution is 2.60. The smallest absolute Gasteiger partial charge is 0.427 e. The number of pyridine rings is 1. The van der Waals surface area contributed by atoms with Gasteiger partial charge in [-0.05, 0) is 81.6 Å². The number of aliphatic hydroxyl groups is 1. The zero-order valence-electron chi connectivity index (χ0n) is 39.2. The van der Waals surface area contributed by atoms with Gasteiger partial charge in [0.15, 0.2) is 5.82 Å². The Morgan fingerprint density at radius 3 is 1.96 bits per heavy atom. The van der Waals surface area contributed by atoms with Crippen molar-refractivity contribution in [2.75, 3.05) is 50.3 Å². The molecule has 8 rings (SSSR count). The summed E-state index contributed by atoms with van der Waals surface area (Å²) in [5.74, 6) is -7.20. The van der Waals surface area contributed by atoms with Gasteiger partial charge in [-0.2, -0.15) is 36.3 Å². The fourth-order valence-electron chi connectivity index (χ4n) is 8.99. The maximum Gasteiger partial charge on any atom is 0.427 e. The van der Waals surface area contributed by atoms with Crippen molar-refractivity contribution < 1.29 is 77.5 Å². The minimum atomic E-state index is -5.46. The highest BCUT2D eigenvalue weighted by molar-refractivity contribution is 5.98. The first-order valence-corrected chi connectivity index (χ1v) is 22.1. The summed E-state index contributed by atoms with van der Waals surface area (Å²) in [4.78, 5) is 29.2. The molecule has 4 heterocycles. The number of anilines is 2. The first-order valence-electron chi connectivity index (χ1n) is 22.1. The lowest BCUT2D eigenvalue weighted by Crippen LogP contribution is -2.67. The summed E-state index contributed by atoms with van der Waals surface area (Å²) in [5, 5.41) is 9.22. The van der Waals surface area contributed by atoms with E-state index in [1.165, 1.54) is 26.0 Å². The van der Waals surface area contributed by atoms with Crippen LogP contribution in [0, 0.1) is 24.0 Å². The Labute approximate surface area is 400 Å². The van der Waals surface area contributed by atoms with Crippen LogP contribution in [0.3, 0.4) is 0 Å². The van der Waals surface area contributed by atoms with Crippen molar-refractivity contribution >= 4 is 28.5 Å². The number of benzene rings is 3. The molecule has 13 nitrogen and oxygen atoms in total. The van der Waals surface area contributed by atoms with Gasteiger partial charge in [-0.15, -0.1) is 0 Å². The van der Waals surface area contributed by atoms with E-state index in [9.17, 15) is 18.7 Å². The molecule has 2 fully saturated rings. The number of ether oxygens (including phenoxy) is 5. The number of amides is 1. The Morgan fingerprint density at radius 1 is 0.887 bits per heavy atom. The average Bonchev–Trinajstić information content (AvgIpc) is 3.91. The number of alkyl halides is 8. The number of aliphatic hydroxyl groups excluding tert-OH is 1. The number of nitrogens with zero attached hydrogens (tertiary/aromatic N) is 6. The van der Waals surface area contributed by atoms with Gasteiger partial charge in [-0.25, -0.2) is 27.3 Å². The first-order chi connectivity index (χ1) is 33.2. The molecule has 71 heavy (non-hydrogen) atoms. The molecule has 2 aliphatic heterocycles. The number of piperazine rings is 1. The van der Waals surface area contributed by atoms with Crippen molar-refractivity contribution in [3.8, 4) is 34.6 Å². The van der Waals surface area contributed by atoms with E-state index in [2.05, 4.69) is 15.0 Å². The van der Waals surface area contributed by atoms with E-state index in [1.54, 1.807) is 69.3 Å². The Bertz CT molecular complexity index is 2780. The van der Waals surface area contributed by atoms with Crippen molar-refractivity contribution in [3.05, 3.63) is 88.5 Å². The number of aromatic nitrogens is 3. The molecule has 1 N–H and O–H groups in total. The Kier molecular flexibility index (Phi) is 13.1. The van der Waals surface area contributed by atoms with Crippen LogP contribution in [0.2, 0.25) is 0 Å². The number of hydrogen-bond acceptors (Lipinski definition) is 12. The Morgan fingerprint density at radius 2 is 1.46 bits per heavy atom. The molecule has 0 bridgehead atoms. The molecule has 1 unspecified atom stereocenters. The Balaban J connectivity index is 1.36. The molecular formula is C48H48F10N6O7. The fraction of sp³-hybridized carbons (Fsp3) is 0.458. The van der Waals surface area contributed by atoms with Gasteiger partial charge >= 0.3 is 24.5 Å². The van der Waals surface area contributed by atoms with Crippen molar-refractivity contribution in [1.82, 2.24) is 19.9 Å². The van der Waals surface area contributed by atoms with Crippen molar-refractivity contribution in [2.24, 2.45) is 5.41 Å². The summed E-state index contributed by atoms with van der Waals surface area (Å²) < 4.78 is 184. The maximum absolute atomic E-state index is 17.8. The van der Waals surface area contributed by atoms with E-state index >= 15 is 35.1 Å². The van der Waals surface area contributed by atoms with Gasteiger partial charge in [0.2, 0.25) is 12.0 Å². The second-order valence-corrected chi connectivity index (χ2v) is 18.7. The van der Waals surface area contributed by atoms with Crippen LogP contribution in [0.1, 0.15) is 56.4 Å². The van der Waals surface area contributed by atoms with Gasteiger partial charge in [-0.3, -0.25) is 0 Å². The van der Waals surface area contributed by atoms with Gasteiger partial charge < -0.3 is 43.5 Å². The van der Waals surface area contributed by atoms with E-state index in [0.29, 0.717) is 28.7 Å². The fourth-order valence-corrected chi connectivity index (χ4v) is 8.99. The number of hydrogen-bond donors (Lipinski definition) is 1. The summed E-state index contributed by atoms with van der Waals surface area (Å²) in [6, 6.07) is 9.33. The topological polar surface area (TPSA) is 132 Å². The zero-order chi connectivity index (χ0) is 51.7. The number of halogens is 10. The number of carbonyl (C=O) groups excluding carboxylic acids is 1. The molecule has 382 valence electrons. The Hall–Kier alpha value is -6.52. The molecule has 5 aromatic rings. The average molecular weight is 1010 g/mol. The molecule has 0 spiro atoms. The molecule has 1 saturated heterocycles. The van der Waals surface area contributed by atoms with Gasteiger partial charge in [0.1, 0.15) is 51.9 Å². The minimum absolute atomic E-state index is 0.159. The zero-order valence-corrected chi connectivity index (χ0v) is 39.2. The third-order valence-electron chi connectivity index (χ3n) is 12.8. The van der Waals surface area contributed by atoms with Gasteiger partial charge in [0, 0.05) is 38.2 Å². The summed E-state index contributed by atoms with van der Waals surface area (Å²) in [6.07, 6.45) is -15.6.